The van der Waals surface area contributed by atoms with Gasteiger partial charge in [0.15, 0.2) is 10.8 Å². The maximum absolute atomic E-state index is 13.3. The van der Waals surface area contributed by atoms with E-state index in [4.69, 9.17) is 21.4 Å². The largest absolute Gasteiger partial charge is 0.494 e. The molecule has 1 aliphatic rings. The summed E-state index contributed by atoms with van der Waals surface area (Å²) in [5, 5.41) is 12.0. The Hall–Kier alpha value is -2.75. The molecule has 10 heteroatoms. The van der Waals surface area contributed by atoms with E-state index in [9.17, 15) is 13.2 Å². The van der Waals surface area contributed by atoms with Crippen LogP contribution in [0.15, 0.2) is 47.8 Å². The molecule has 4 aromatic rings. The summed E-state index contributed by atoms with van der Waals surface area (Å²) in [5.41, 5.74) is 2.97. The number of hydrogen-bond acceptors (Lipinski definition) is 5. The van der Waals surface area contributed by atoms with Crippen LogP contribution >= 0.6 is 22.9 Å². The maximum atomic E-state index is 13.3. The number of benzene rings is 2. The first-order valence-corrected chi connectivity index (χ1v) is 12.0. The van der Waals surface area contributed by atoms with Crippen LogP contribution in [0.25, 0.3) is 10.9 Å². The molecular weight excluding hydrogens is 487 g/mol. The van der Waals surface area contributed by atoms with E-state index >= 15 is 0 Å². The summed E-state index contributed by atoms with van der Waals surface area (Å²) in [7, 11) is 0. The highest BCUT2D eigenvalue weighted by atomic mass is 35.5. The lowest BCUT2D eigenvalue weighted by Crippen LogP contribution is -2.36. The van der Waals surface area contributed by atoms with Crippen LogP contribution in [0.3, 0.4) is 0 Å². The minimum Gasteiger partial charge on any atom is -0.494 e. The number of anilines is 1. The van der Waals surface area contributed by atoms with Crippen molar-refractivity contribution in [2.24, 2.45) is 0 Å². The van der Waals surface area contributed by atoms with E-state index in [0.29, 0.717) is 41.9 Å². The zero-order valence-corrected chi connectivity index (χ0v) is 19.5. The molecule has 1 unspecified atom stereocenters. The molecular formula is C24H21ClF3N3O2S. The standard InChI is InChI=1S/C24H21ClF3N3O2S/c25-15-4-7-19-18(12-15)17-8-9-31(23-30-20(13-34-23)24(26,27)28)22(21(17)29-19)14-2-5-16(6-3-14)33-11-1-10-32/h2-7,12-13,22,29,32H,1,8-11H2. The predicted octanol–water partition coefficient (Wildman–Crippen LogP) is 6.21. The van der Waals surface area contributed by atoms with Gasteiger partial charge in [0.2, 0.25) is 0 Å². The van der Waals surface area contributed by atoms with Crippen molar-refractivity contribution in [2.75, 3.05) is 24.7 Å². The van der Waals surface area contributed by atoms with Gasteiger partial charge in [0, 0.05) is 46.6 Å². The monoisotopic (exact) mass is 507 g/mol. The van der Waals surface area contributed by atoms with Crippen LogP contribution in [-0.4, -0.2) is 34.8 Å². The summed E-state index contributed by atoms with van der Waals surface area (Å²) >= 11 is 7.24. The lowest BCUT2D eigenvalue weighted by Gasteiger charge is -2.36. The van der Waals surface area contributed by atoms with Gasteiger partial charge in [-0.25, -0.2) is 4.98 Å². The second kappa shape index (κ2) is 9.13. The molecule has 0 bridgehead atoms. The molecule has 0 spiro atoms. The lowest BCUT2D eigenvalue weighted by atomic mass is 9.92. The Bertz CT molecular complexity index is 1300. The van der Waals surface area contributed by atoms with Gasteiger partial charge in [-0.15, -0.1) is 11.3 Å². The van der Waals surface area contributed by atoms with Crippen molar-refractivity contribution in [1.29, 1.82) is 0 Å². The third kappa shape index (κ3) is 4.35. The number of fused-ring (bicyclic) bond motifs is 3. The highest BCUT2D eigenvalue weighted by Gasteiger charge is 2.37. The van der Waals surface area contributed by atoms with E-state index in [1.54, 1.807) is 0 Å². The van der Waals surface area contributed by atoms with Crippen molar-refractivity contribution in [2.45, 2.75) is 25.1 Å². The summed E-state index contributed by atoms with van der Waals surface area (Å²) in [4.78, 5) is 9.32. The van der Waals surface area contributed by atoms with Gasteiger partial charge in [-0.1, -0.05) is 23.7 Å². The number of halogens is 4. The van der Waals surface area contributed by atoms with Crippen LogP contribution < -0.4 is 9.64 Å². The number of nitrogens with zero attached hydrogens (tertiary/aromatic N) is 2. The molecule has 2 N–H and O–H groups in total. The third-order valence-electron chi connectivity index (χ3n) is 5.88. The number of aromatic amines is 1. The van der Waals surface area contributed by atoms with Gasteiger partial charge >= 0.3 is 6.18 Å². The Balaban J connectivity index is 1.57. The van der Waals surface area contributed by atoms with E-state index in [-0.39, 0.29) is 12.6 Å². The Morgan fingerprint density at radius 3 is 2.71 bits per heavy atom. The van der Waals surface area contributed by atoms with Gasteiger partial charge < -0.3 is 19.7 Å². The number of ether oxygens (including phenoxy) is 1. The van der Waals surface area contributed by atoms with Crippen LogP contribution in [0, 0.1) is 0 Å². The average Bonchev–Trinajstić information content (AvgIpc) is 3.44. The molecule has 0 radical (unpaired) electrons. The van der Waals surface area contributed by atoms with Crippen LogP contribution in [0.2, 0.25) is 5.02 Å². The molecule has 34 heavy (non-hydrogen) atoms. The number of thiazole rings is 1. The van der Waals surface area contributed by atoms with Crippen LogP contribution in [-0.2, 0) is 12.6 Å². The Morgan fingerprint density at radius 2 is 2.00 bits per heavy atom. The molecule has 1 aliphatic heterocycles. The molecule has 0 saturated carbocycles. The number of aromatic nitrogens is 2. The number of nitrogens with one attached hydrogen (secondary N) is 1. The van der Waals surface area contributed by atoms with Gasteiger partial charge in [-0.3, -0.25) is 0 Å². The maximum Gasteiger partial charge on any atom is 0.434 e. The molecule has 5 rings (SSSR count). The fourth-order valence-corrected chi connectivity index (χ4v) is 5.40. The number of hydrogen-bond donors (Lipinski definition) is 2. The Labute approximate surface area is 202 Å². The summed E-state index contributed by atoms with van der Waals surface area (Å²) in [6.45, 7) is 0.963. The lowest BCUT2D eigenvalue weighted by molar-refractivity contribution is -0.140. The SMILES string of the molecule is OCCCOc1ccc(C2c3[nH]c4ccc(Cl)cc4c3CCN2c2nc(C(F)(F)F)cs2)cc1. The van der Waals surface area contributed by atoms with Gasteiger partial charge in [0.25, 0.3) is 0 Å². The topological polar surface area (TPSA) is 61.4 Å². The normalized spacial score (nSPS) is 16.1. The van der Waals surface area contributed by atoms with Crippen molar-refractivity contribution in [3.63, 3.8) is 0 Å². The van der Waals surface area contributed by atoms with E-state index in [1.165, 1.54) is 0 Å². The molecule has 1 atom stereocenters. The van der Waals surface area contributed by atoms with Crippen molar-refractivity contribution in [3.05, 3.63) is 75.4 Å². The number of alkyl halides is 3. The summed E-state index contributed by atoms with van der Waals surface area (Å²) in [6, 6.07) is 12.8. The second-order valence-corrected chi connectivity index (χ2v) is 9.33. The molecule has 3 heterocycles. The molecule has 0 aliphatic carbocycles. The van der Waals surface area contributed by atoms with Crippen LogP contribution in [0.1, 0.15) is 35.0 Å². The molecule has 0 amide bonds. The fraction of sp³-hybridized carbons (Fsp3) is 0.292. The first kappa shape index (κ1) is 23.0. The van der Waals surface area contributed by atoms with Gasteiger partial charge in [0.1, 0.15) is 5.75 Å². The Morgan fingerprint density at radius 1 is 1.21 bits per heavy atom. The van der Waals surface area contributed by atoms with Crippen molar-refractivity contribution >= 4 is 39.0 Å². The minimum atomic E-state index is -4.49. The van der Waals surface area contributed by atoms with E-state index in [0.717, 1.165) is 44.4 Å². The summed E-state index contributed by atoms with van der Waals surface area (Å²) in [5.74, 6) is 0.664. The fourth-order valence-electron chi connectivity index (χ4n) is 4.34. The van der Waals surface area contributed by atoms with Crippen LogP contribution in [0.4, 0.5) is 18.3 Å². The Kier molecular flexibility index (Phi) is 6.18. The summed E-state index contributed by atoms with van der Waals surface area (Å²) in [6.07, 6.45) is -3.31. The van der Waals surface area contributed by atoms with Crippen molar-refractivity contribution < 1.29 is 23.0 Å². The highest BCUT2D eigenvalue weighted by molar-refractivity contribution is 7.13. The first-order valence-electron chi connectivity index (χ1n) is 10.8. The van der Waals surface area contributed by atoms with Crippen molar-refractivity contribution in [1.82, 2.24) is 9.97 Å². The minimum absolute atomic E-state index is 0.0516. The molecule has 2 aromatic carbocycles. The number of rotatable bonds is 6. The molecule has 0 saturated heterocycles. The predicted molar refractivity (Wildman–Crippen MR) is 127 cm³/mol. The number of aliphatic hydroxyl groups is 1. The number of H-pyrrole nitrogens is 1. The zero-order chi connectivity index (χ0) is 23.9. The zero-order valence-electron chi connectivity index (χ0n) is 17.9. The van der Waals surface area contributed by atoms with Gasteiger partial charge in [0.05, 0.1) is 12.6 Å². The molecule has 2 aromatic heterocycles. The number of aliphatic hydroxyl groups excluding tert-OH is 1. The molecule has 178 valence electrons. The average molecular weight is 508 g/mol. The smallest absolute Gasteiger partial charge is 0.434 e. The van der Waals surface area contributed by atoms with Gasteiger partial charge in [-0.05, 0) is 47.9 Å². The van der Waals surface area contributed by atoms with Gasteiger partial charge in [-0.2, -0.15) is 13.2 Å². The first-order chi connectivity index (χ1) is 16.3. The molecule has 0 fully saturated rings. The van der Waals surface area contributed by atoms with Crippen molar-refractivity contribution in [3.8, 4) is 5.75 Å². The quantitative estimate of drug-likeness (QED) is 0.305. The highest BCUT2D eigenvalue weighted by Crippen LogP contribution is 2.43. The molecule has 5 nitrogen and oxygen atoms in total. The van der Waals surface area contributed by atoms with E-state index in [1.807, 2.05) is 47.4 Å². The van der Waals surface area contributed by atoms with Crippen LogP contribution in [0.5, 0.6) is 5.75 Å². The van der Waals surface area contributed by atoms with E-state index < -0.39 is 11.9 Å². The third-order valence-corrected chi connectivity index (χ3v) is 7.00. The van der Waals surface area contributed by atoms with E-state index in [2.05, 4.69) is 9.97 Å². The summed E-state index contributed by atoms with van der Waals surface area (Å²) < 4.78 is 45.4. The second-order valence-electron chi connectivity index (χ2n) is 8.06.